The third-order valence-electron chi connectivity index (χ3n) is 3.52. The van der Waals surface area contributed by atoms with Gasteiger partial charge in [0.15, 0.2) is 0 Å². The summed E-state index contributed by atoms with van der Waals surface area (Å²) in [6.45, 7) is 0.126. The fraction of sp³-hybridized carbons (Fsp3) is 0.250. The minimum Gasteiger partial charge on any atom is -0.392 e. The van der Waals surface area contributed by atoms with Crippen LogP contribution in [-0.2, 0) is 13.0 Å². The topological polar surface area (TPSA) is 20.2 Å². The van der Waals surface area contributed by atoms with E-state index in [1.807, 2.05) is 23.9 Å². The second kappa shape index (κ2) is 5.17. The van der Waals surface area contributed by atoms with Crippen molar-refractivity contribution in [3.05, 3.63) is 65.2 Å². The molecule has 2 heteroatoms. The van der Waals surface area contributed by atoms with Crippen molar-refractivity contribution in [3.8, 4) is 0 Å². The van der Waals surface area contributed by atoms with Crippen LogP contribution in [-0.4, -0.2) is 10.9 Å². The first-order chi connectivity index (χ1) is 8.86. The Morgan fingerprint density at radius 2 is 1.83 bits per heavy atom. The highest BCUT2D eigenvalue weighted by Crippen LogP contribution is 2.38. The molecular weight excluding hydrogens is 240 g/mol. The van der Waals surface area contributed by atoms with E-state index < -0.39 is 0 Å². The number of hydrogen-bond acceptors (Lipinski definition) is 2. The minimum absolute atomic E-state index is 0.126. The Hall–Kier alpha value is -1.25. The number of aliphatic hydroxyl groups excluding tert-OH is 1. The molecule has 1 aliphatic rings. The van der Waals surface area contributed by atoms with Crippen LogP contribution in [0.2, 0.25) is 0 Å². The van der Waals surface area contributed by atoms with E-state index in [2.05, 4.69) is 36.4 Å². The van der Waals surface area contributed by atoms with Crippen LogP contribution in [0, 0.1) is 0 Å². The number of aliphatic hydroxyl groups is 1. The SMILES string of the molecule is OCc1ccc(SCC2Cc3ccccc32)cc1. The Morgan fingerprint density at radius 3 is 2.56 bits per heavy atom. The molecule has 0 spiro atoms. The monoisotopic (exact) mass is 256 g/mol. The smallest absolute Gasteiger partial charge is 0.0681 e. The fourth-order valence-electron chi connectivity index (χ4n) is 2.40. The van der Waals surface area contributed by atoms with E-state index in [1.165, 1.54) is 22.4 Å². The highest BCUT2D eigenvalue weighted by Gasteiger charge is 2.24. The first-order valence-corrected chi connectivity index (χ1v) is 7.26. The van der Waals surface area contributed by atoms with Gasteiger partial charge in [0.1, 0.15) is 0 Å². The van der Waals surface area contributed by atoms with Crippen LogP contribution in [0.5, 0.6) is 0 Å². The molecule has 0 bridgehead atoms. The second-order valence-electron chi connectivity index (χ2n) is 4.71. The summed E-state index contributed by atoms with van der Waals surface area (Å²) in [5.74, 6) is 1.86. The maximum Gasteiger partial charge on any atom is 0.0681 e. The summed E-state index contributed by atoms with van der Waals surface area (Å²) in [5, 5.41) is 9.00. The molecule has 0 saturated heterocycles. The van der Waals surface area contributed by atoms with Gasteiger partial charge in [0.05, 0.1) is 6.61 Å². The largest absolute Gasteiger partial charge is 0.392 e. The van der Waals surface area contributed by atoms with E-state index in [4.69, 9.17) is 5.11 Å². The standard InChI is InChI=1S/C16H16OS/c17-10-12-5-7-15(8-6-12)18-11-14-9-13-3-1-2-4-16(13)14/h1-8,14,17H,9-11H2. The maximum absolute atomic E-state index is 9.00. The molecule has 92 valence electrons. The van der Waals surface area contributed by atoms with Gasteiger partial charge < -0.3 is 5.11 Å². The molecule has 1 N–H and O–H groups in total. The minimum atomic E-state index is 0.126. The first kappa shape index (κ1) is 11.8. The molecule has 0 heterocycles. The van der Waals surface area contributed by atoms with Crippen LogP contribution < -0.4 is 0 Å². The summed E-state index contributed by atoms with van der Waals surface area (Å²) in [6, 6.07) is 16.9. The van der Waals surface area contributed by atoms with Crippen molar-refractivity contribution in [2.45, 2.75) is 23.8 Å². The zero-order chi connectivity index (χ0) is 12.4. The van der Waals surface area contributed by atoms with E-state index in [0.29, 0.717) is 5.92 Å². The zero-order valence-corrected chi connectivity index (χ0v) is 11.0. The second-order valence-corrected chi connectivity index (χ2v) is 5.81. The molecule has 2 aromatic carbocycles. The molecular formula is C16H16OS. The van der Waals surface area contributed by atoms with Crippen LogP contribution in [0.3, 0.4) is 0 Å². The predicted molar refractivity (Wildman–Crippen MR) is 76.0 cm³/mol. The summed E-state index contributed by atoms with van der Waals surface area (Å²) < 4.78 is 0. The lowest BCUT2D eigenvalue weighted by Gasteiger charge is -2.29. The van der Waals surface area contributed by atoms with Gasteiger partial charge in [-0.1, -0.05) is 36.4 Å². The first-order valence-electron chi connectivity index (χ1n) is 6.27. The number of rotatable bonds is 4. The molecule has 2 aromatic rings. The van der Waals surface area contributed by atoms with Gasteiger partial charge in [-0.05, 0) is 41.2 Å². The highest BCUT2D eigenvalue weighted by molar-refractivity contribution is 7.99. The molecule has 1 aliphatic carbocycles. The van der Waals surface area contributed by atoms with Gasteiger partial charge in [0, 0.05) is 10.6 Å². The number of benzene rings is 2. The van der Waals surface area contributed by atoms with Crippen LogP contribution in [0.4, 0.5) is 0 Å². The Morgan fingerprint density at radius 1 is 1.06 bits per heavy atom. The van der Waals surface area contributed by atoms with Crippen LogP contribution >= 0.6 is 11.8 Å². The van der Waals surface area contributed by atoms with Gasteiger partial charge in [-0.2, -0.15) is 0 Å². The van der Waals surface area contributed by atoms with Crippen molar-refractivity contribution in [2.75, 3.05) is 5.75 Å². The van der Waals surface area contributed by atoms with Gasteiger partial charge in [-0.3, -0.25) is 0 Å². The van der Waals surface area contributed by atoms with E-state index in [1.54, 1.807) is 0 Å². The summed E-state index contributed by atoms with van der Waals surface area (Å²) in [5.41, 5.74) is 4.02. The molecule has 0 saturated carbocycles. The lowest BCUT2D eigenvalue weighted by Crippen LogP contribution is -2.18. The predicted octanol–water partition coefficient (Wildman–Crippen LogP) is 3.61. The quantitative estimate of drug-likeness (QED) is 0.843. The van der Waals surface area contributed by atoms with E-state index in [-0.39, 0.29) is 6.61 Å². The molecule has 1 nitrogen and oxygen atoms in total. The fourth-order valence-corrected chi connectivity index (χ4v) is 3.42. The summed E-state index contributed by atoms with van der Waals surface area (Å²) in [7, 11) is 0. The van der Waals surface area contributed by atoms with Crippen LogP contribution in [0.25, 0.3) is 0 Å². The number of hydrogen-bond donors (Lipinski definition) is 1. The van der Waals surface area contributed by atoms with Crippen molar-refractivity contribution in [2.24, 2.45) is 0 Å². The average molecular weight is 256 g/mol. The molecule has 1 unspecified atom stereocenters. The summed E-state index contributed by atoms with van der Waals surface area (Å²) in [4.78, 5) is 1.29. The van der Waals surface area contributed by atoms with Crippen LogP contribution in [0.1, 0.15) is 22.6 Å². The van der Waals surface area contributed by atoms with Crippen molar-refractivity contribution < 1.29 is 5.11 Å². The highest BCUT2D eigenvalue weighted by atomic mass is 32.2. The van der Waals surface area contributed by atoms with Crippen LogP contribution in [0.15, 0.2) is 53.4 Å². The van der Waals surface area contributed by atoms with Gasteiger partial charge in [-0.15, -0.1) is 11.8 Å². The van der Waals surface area contributed by atoms with Gasteiger partial charge in [-0.25, -0.2) is 0 Å². The molecule has 0 aliphatic heterocycles. The van der Waals surface area contributed by atoms with Crippen molar-refractivity contribution in [3.63, 3.8) is 0 Å². The zero-order valence-electron chi connectivity index (χ0n) is 10.2. The molecule has 0 fully saturated rings. The van der Waals surface area contributed by atoms with Gasteiger partial charge in [0.25, 0.3) is 0 Å². The normalized spacial score (nSPS) is 17.1. The van der Waals surface area contributed by atoms with Crippen molar-refractivity contribution >= 4 is 11.8 Å². The van der Waals surface area contributed by atoms with E-state index in [9.17, 15) is 0 Å². The molecule has 3 rings (SSSR count). The van der Waals surface area contributed by atoms with Gasteiger partial charge >= 0.3 is 0 Å². The molecule has 18 heavy (non-hydrogen) atoms. The third kappa shape index (κ3) is 2.31. The third-order valence-corrected chi connectivity index (χ3v) is 4.69. The number of fused-ring (bicyclic) bond motifs is 1. The average Bonchev–Trinajstić information content (AvgIpc) is 2.40. The summed E-state index contributed by atoms with van der Waals surface area (Å²) >= 11 is 1.91. The van der Waals surface area contributed by atoms with E-state index >= 15 is 0 Å². The van der Waals surface area contributed by atoms with E-state index in [0.717, 1.165) is 11.3 Å². The Kier molecular flexibility index (Phi) is 3.39. The molecule has 0 aromatic heterocycles. The Balaban J connectivity index is 1.59. The van der Waals surface area contributed by atoms with Crippen molar-refractivity contribution in [1.82, 2.24) is 0 Å². The molecule has 1 atom stereocenters. The molecule has 0 amide bonds. The number of thioether (sulfide) groups is 1. The Bertz CT molecular complexity index is 533. The lowest BCUT2D eigenvalue weighted by atomic mass is 9.79. The van der Waals surface area contributed by atoms with Crippen molar-refractivity contribution in [1.29, 1.82) is 0 Å². The molecule has 0 radical (unpaired) electrons. The summed E-state index contributed by atoms with van der Waals surface area (Å²) in [6.07, 6.45) is 1.22. The Labute approximate surface area is 112 Å². The van der Waals surface area contributed by atoms with Gasteiger partial charge in [0.2, 0.25) is 0 Å². The lowest BCUT2D eigenvalue weighted by molar-refractivity contribution is 0.282. The maximum atomic E-state index is 9.00.